The Morgan fingerprint density at radius 2 is 1.60 bits per heavy atom. The molecule has 0 bridgehead atoms. The summed E-state index contributed by atoms with van der Waals surface area (Å²) in [6.07, 6.45) is 0. The molecule has 0 atom stereocenters. The van der Waals surface area contributed by atoms with Gasteiger partial charge in [-0.3, -0.25) is 14.6 Å². The molecule has 0 amide bonds. The number of carbonyl (C=O) groups is 2. The molecule has 0 saturated heterocycles. The molecule has 0 saturated carbocycles. The fraction of sp³-hybridized carbons (Fsp3) is 0.833. The molecule has 0 unspecified atom stereocenters. The van der Waals surface area contributed by atoms with Crippen LogP contribution in [0.3, 0.4) is 0 Å². The molecule has 0 N–H and O–H groups in total. The quantitative estimate of drug-likeness (QED) is 0.538. The second-order valence-corrected chi connectivity index (χ2v) is 4.61. The summed E-state index contributed by atoms with van der Waals surface area (Å²) in [6, 6.07) is 0. The van der Waals surface area contributed by atoms with Crippen molar-refractivity contribution < 1.29 is 33.3 Å². The number of halogens is 1. The van der Waals surface area contributed by atoms with Gasteiger partial charge in [-0.25, -0.2) is 4.79 Å². The van der Waals surface area contributed by atoms with E-state index in [1.807, 2.05) is 0 Å². The van der Waals surface area contributed by atoms with Crippen molar-refractivity contribution in [3.05, 3.63) is 0 Å². The lowest BCUT2D eigenvalue weighted by Crippen LogP contribution is -2.42. The summed E-state index contributed by atoms with van der Waals surface area (Å²) in [6.45, 7) is 4.32. The summed E-state index contributed by atoms with van der Waals surface area (Å²) in [5.74, 6) is -1.92. The number of ether oxygens (including phenoxy) is 3. The van der Waals surface area contributed by atoms with Crippen LogP contribution in [0, 0.1) is 0 Å². The second-order valence-electron chi connectivity index (χ2n) is 4.61. The van der Waals surface area contributed by atoms with Gasteiger partial charge < -0.3 is 14.2 Å². The average Bonchev–Trinajstić information content (AvgIpc) is 2.40. The SMILES string of the molecule is COCCN(CCOC)CC(=O)OC(C)(C)C(=O)OF. The summed E-state index contributed by atoms with van der Waals surface area (Å²) < 4.78 is 26.6. The lowest BCUT2D eigenvalue weighted by molar-refractivity contribution is -0.209. The molecule has 118 valence electrons. The molecule has 0 aromatic rings. The van der Waals surface area contributed by atoms with E-state index in [-0.39, 0.29) is 6.54 Å². The predicted octanol–water partition coefficient (Wildman–Crippen LogP) is 0.331. The zero-order valence-corrected chi connectivity index (χ0v) is 12.3. The summed E-state index contributed by atoms with van der Waals surface area (Å²) >= 11 is 0. The maximum Gasteiger partial charge on any atom is 0.391 e. The summed E-state index contributed by atoms with van der Waals surface area (Å²) in [7, 11) is 3.10. The summed E-state index contributed by atoms with van der Waals surface area (Å²) in [4.78, 5) is 27.6. The molecular formula is C12H22FNO6. The Morgan fingerprint density at radius 3 is 2.00 bits per heavy atom. The Kier molecular flexibility index (Phi) is 9.02. The average molecular weight is 295 g/mol. The van der Waals surface area contributed by atoms with Gasteiger partial charge in [-0.15, -0.1) is 0 Å². The first-order valence-electron chi connectivity index (χ1n) is 6.12. The highest BCUT2D eigenvalue weighted by atomic mass is 19.3. The van der Waals surface area contributed by atoms with Gasteiger partial charge in [0.25, 0.3) is 0 Å². The van der Waals surface area contributed by atoms with Crippen LogP contribution >= 0.6 is 0 Å². The number of nitrogens with zero attached hydrogens (tertiary/aromatic N) is 1. The van der Waals surface area contributed by atoms with Gasteiger partial charge in [0.05, 0.1) is 19.8 Å². The minimum absolute atomic E-state index is 0.0598. The van der Waals surface area contributed by atoms with Gasteiger partial charge in [0.2, 0.25) is 5.60 Å². The molecule has 0 aliphatic rings. The van der Waals surface area contributed by atoms with Crippen molar-refractivity contribution in [3.63, 3.8) is 0 Å². The highest BCUT2D eigenvalue weighted by Crippen LogP contribution is 2.12. The third-order valence-electron chi connectivity index (χ3n) is 2.51. The van der Waals surface area contributed by atoms with E-state index >= 15 is 0 Å². The van der Waals surface area contributed by atoms with Crippen LogP contribution in [0.25, 0.3) is 0 Å². The molecule has 0 radical (unpaired) electrons. The van der Waals surface area contributed by atoms with E-state index in [9.17, 15) is 14.1 Å². The van der Waals surface area contributed by atoms with Crippen LogP contribution in [0.5, 0.6) is 0 Å². The van der Waals surface area contributed by atoms with Crippen molar-refractivity contribution in [1.82, 2.24) is 4.90 Å². The molecule has 0 spiro atoms. The summed E-state index contributed by atoms with van der Waals surface area (Å²) in [5.41, 5.74) is -1.67. The van der Waals surface area contributed by atoms with E-state index in [2.05, 4.69) is 4.94 Å². The van der Waals surface area contributed by atoms with Gasteiger partial charge in [0, 0.05) is 31.8 Å². The van der Waals surface area contributed by atoms with Crippen LogP contribution in [0.2, 0.25) is 0 Å². The molecule has 0 fully saturated rings. The Bertz CT molecular complexity index is 302. The van der Waals surface area contributed by atoms with Gasteiger partial charge in [0.15, 0.2) is 0 Å². The number of esters is 1. The number of hydrogen-bond donors (Lipinski definition) is 0. The Morgan fingerprint density at radius 1 is 1.10 bits per heavy atom. The lowest BCUT2D eigenvalue weighted by atomic mass is 10.1. The van der Waals surface area contributed by atoms with E-state index in [0.29, 0.717) is 26.3 Å². The molecule has 0 heterocycles. The van der Waals surface area contributed by atoms with Gasteiger partial charge in [0.1, 0.15) is 0 Å². The van der Waals surface area contributed by atoms with Gasteiger partial charge in [-0.1, -0.05) is 0 Å². The fourth-order valence-electron chi connectivity index (χ4n) is 1.34. The van der Waals surface area contributed by atoms with E-state index in [4.69, 9.17) is 14.2 Å². The predicted molar refractivity (Wildman–Crippen MR) is 67.6 cm³/mol. The molecule has 8 heteroatoms. The third-order valence-corrected chi connectivity index (χ3v) is 2.51. The van der Waals surface area contributed by atoms with E-state index < -0.39 is 17.5 Å². The first-order chi connectivity index (χ1) is 9.37. The van der Waals surface area contributed by atoms with Crippen LogP contribution in [-0.4, -0.2) is 69.5 Å². The van der Waals surface area contributed by atoms with Crippen molar-refractivity contribution in [2.75, 3.05) is 47.1 Å². The molecular weight excluding hydrogens is 273 g/mol. The van der Waals surface area contributed by atoms with Crippen LogP contribution in [-0.2, 0) is 28.7 Å². The first-order valence-corrected chi connectivity index (χ1v) is 6.12. The van der Waals surface area contributed by atoms with Crippen molar-refractivity contribution >= 4 is 11.9 Å². The molecule has 0 rings (SSSR count). The van der Waals surface area contributed by atoms with Gasteiger partial charge >= 0.3 is 11.9 Å². The van der Waals surface area contributed by atoms with Crippen molar-refractivity contribution in [1.29, 1.82) is 0 Å². The van der Waals surface area contributed by atoms with Crippen LogP contribution in [0.1, 0.15) is 13.8 Å². The normalized spacial score (nSPS) is 11.5. The van der Waals surface area contributed by atoms with E-state index in [1.165, 1.54) is 13.8 Å². The second kappa shape index (κ2) is 9.62. The summed E-state index contributed by atoms with van der Waals surface area (Å²) in [5, 5.41) is 0. The van der Waals surface area contributed by atoms with Gasteiger partial charge in [-0.2, -0.15) is 0 Å². The standard InChI is InChI=1S/C12H22FNO6/c1-12(2,11(16)20-13)19-10(15)9-14(5-7-17-3)6-8-18-4/h5-9H2,1-4H3. The number of hydrogen-bond acceptors (Lipinski definition) is 7. The third kappa shape index (κ3) is 7.37. The Balaban J connectivity index is 4.39. The van der Waals surface area contributed by atoms with Gasteiger partial charge in [-0.05, 0) is 13.8 Å². The molecule has 0 aliphatic heterocycles. The Labute approximate surface area is 117 Å². The topological polar surface area (TPSA) is 74.3 Å². The minimum Gasteiger partial charge on any atom is -0.447 e. The Hall–Kier alpha value is -1.25. The molecule has 0 aromatic carbocycles. The minimum atomic E-state index is -1.67. The number of methoxy groups -OCH3 is 2. The zero-order valence-electron chi connectivity index (χ0n) is 12.3. The van der Waals surface area contributed by atoms with E-state index in [1.54, 1.807) is 19.1 Å². The number of carbonyl (C=O) groups excluding carboxylic acids is 2. The lowest BCUT2D eigenvalue weighted by Gasteiger charge is -2.24. The molecule has 7 nitrogen and oxygen atoms in total. The molecule has 20 heavy (non-hydrogen) atoms. The van der Waals surface area contributed by atoms with Crippen molar-refractivity contribution in [3.8, 4) is 0 Å². The van der Waals surface area contributed by atoms with Crippen LogP contribution < -0.4 is 0 Å². The first kappa shape index (κ1) is 18.8. The maximum atomic E-state index is 11.8. The van der Waals surface area contributed by atoms with Crippen molar-refractivity contribution in [2.24, 2.45) is 0 Å². The van der Waals surface area contributed by atoms with E-state index in [0.717, 1.165) is 0 Å². The highest BCUT2D eigenvalue weighted by molar-refractivity contribution is 5.82. The zero-order chi connectivity index (χ0) is 15.6. The maximum absolute atomic E-state index is 11.8. The van der Waals surface area contributed by atoms with Crippen LogP contribution in [0.4, 0.5) is 4.53 Å². The largest absolute Gasteiger partial charge is 0.447 e. The number of rotatable bonds is 10. The van der Waals surface area contributed by atoms with Crippen LogP contribution in [0.15, 0.2) is 0 Å². The molecule has 0 aromatic heterocycles. The monoisotopic (exact) mass is 295 g/mol. The highest BCUT2D eigenvalue weighted by Gasteiger charge is 2.35. The fourth-order valence-corrected chi connectivity index (χ4v) is 1.34. The molecule has 0 aliphatic carbocycles. The smallest absolute Gasteiger partial charge is 0.391 e. The van der Waals surface area contributed by atoms with Crippen molar-refractivity contribution in [2.45, 2.75) is 19.4 Å².